The molecule has 18 heavy (non-hydrogen) atoms. The Bertz CT molecular complexity index is 452. The van der Waals surface area contributed by atoms with E-state index in [1.54, 1.807) is 6.07 Å². The third-order valence-corrected chi connectivity index (χ3v) is 3.64. The molecule has 1 aromatic rings. The highest BCUT2D eigenvalue weighted by molar-refractivity contribution is 6.21. The zero-order valence-corrected chi connectivity index (χ0v) is 9.95. The minimum absolute atomic E-state index is 0.181. The molecule has 0 saturated carbocycles. The summed E-state index contributed by atoms with van der Waals surface area (Å²) in [6.07, 6.45) is -3.22. The van der Waals surface area contributed by atoms with Gasteiger partial charge in [-0.2, -0.15) is 22.0 Å². The molecule has 0 heterocycles. The molecule has 1 atom stereocenters. The van der Waals surface area contributed by atoms with Gasteiger partial charge >= 0.3 is 12.1 Å². The molecule has 0 nitrogen and oxygen atoms in total. The van der Waals surface area contributed by atoms with Gasteiger partial charge in [0.1, 0.15) is 5.38 Å². The summed E-state index contributed by atoms with van der Waals surface area (Å²) in [5.41, 5.74) is 1.63. The van der Waals surface area contributed by atoms with E-state index in [0.29, 0.717) is 6.42 Å². The monoisotopic (exact) mass is 284 g/mol. The van der Waals surface area contributed by atoms with Crippen LogP contribution >= 0.6 is 11.6 Å². The van der Waals surface area contributed by atoms with E-state index in [2.05, 4.69) is 0 Å². The fourth-order valence-electron chi connectivity index (χ4n) is 2.10. The first-order chi connectivity index (χ1) is 8.23. The Morgan fingerprint density at radius 2 is 1.61 bits per heavy atom. The van der Waals surface area contributed by atoms with Crippen molar-refractivity contribution < 1.29 is 22.0 Å². The normalized spacial score (nSPS) is 17.7. The molecule has 0 N–H and O–H groups in total. The van der Waals surface area contributed by atoms with Gasteiger partial charge in [0.15, 0.2) is 0 Å². The molecule has 2 rings (SSSR count). The Balaban J connectivity index is 2.32. The van der Waals surface area contributed by atoms with Crippen molar-refractivity contribution in [2.75, 3.05) is 0 Å². The molecule has 0 aliphatic heterocycles. The van der Waals surface area contributed by atoms with Crippen LogP contribution in [0.1, 0.15) is 28.5 Å². The lowest BCUT2D eigenvalue weighted by molar-refractivity contribution is -0.283. The maximum Gasteiger partial charge on any atom is 0.455 e. The highest BCUT2D eigenvalue weighted by Gasteiger charge is 2.62. The van der Waals surface area contributed by atoms with E-state index in [1.807, 2.05) is 0 Å². The first-order valence-electron chi connectivity index (χ1n) is 5.44. The van der Waals surface area contributed by atoms with Crippen LogP contribution in [0.15, 0.2) is 18.2 Å². The summed E-state index contributed by atoms with van der Waals surface area (Å²) in [5, 5.41) is -2.39. The van der Waals surface area contributed by atoms with Crippen molar-refractivity contribution >= 4 is 11.6 Å². The van der Waals surface area contributed by atoms with Crippen molar-refractivity contribution in [1.82, 2.24) is 0 Å². The quantitative estimate of drug-likeness (QED) is 0.548. The van der Waals surface area contributed by atoms with E-state index in [1.165, 1.54) is 12.1 Å². The molecule has 0 fully saturated rings. The second kappa shape index (κ2) is 4.37. The van der Waals surface area contributed by atoms with Gasteiger partial charge in [-0.05, 0) is 36.0 Å². The summed E-state index contributed by atoms with van der Waals surface area (Å²) in [5.74, 6) is -4.93. The molecule has 0 spiro atoms. The van der Waals surface area contributed by atoms with Crippen molar-refractivity contribution in [3.05, 3.63) is 34.9 Å². The zero-order valence-electron chi connectivity index (χ0n) is 9.20. The van der Waals surface area contributed by atoms with Crippen LogP contribution in [-0.4, -0.2) is 12.1 Å². The van der Waals surface area contributed by atoms with Crippen LogP contribution in [0.3, 0.4) is 0 Å². The Labute approximate surface area is 106 Å². The lowest BCUT2D eigenvalue weighted by atomic mass is 10.0. The second-order valence-electron chi connectivity index (χ2n) is 4.36. The number of aryl methyl sites for hydroxylation is 2. The minimum Gasteiger partial charge on any atom is -0.194 e. The summed E-state index contributed by atoms with van der Waals surface area (Å²) in [6.45, 7) is 0. The molecule has 1 aliphatic carbocycles. The summed E-state index contributed by atoms with van der Waals surface area (Å²) in [7, 11) is 0. The van der Waals surface area contributed by atoms with Crippen LogP contribution in [0, 0.1) is 0 Å². The summed E-state index contributed by atoms with van der Waals surface area (Å²) < 4.78 is 62.8. The minimum atomic E-state index is -5.64. The standard InChI is InChI=1S/C12H10ClF5/c13-10(11(14,15)12(16,17)18)9-5-4-7-2-1-3-8(7)6-9/h4-6,10H,1-3H2. The average molecular weight is 285 g/mol. The van der Waals surface area contributed by atoms with Crippen molar-refractivity contribution in [3.63, 3.8) is 0 Å². The molecule has 1 aromatic carbocycles. The van der Waals surface area contributed by atoms with Gasteiger partial charge in [-0.3, -0.25) is 0 Å². The average Bonchev–Trinajstić information content (AvgIpc) is 2.73. The van der Waals surface area contributed by atoms with Crippen LogP contribution in [0.2, 0.25) is 0 Å². The molecule has 0 aromatic heterocycles. The summed E-state index contributed by atoms with van der Waals surface area (Å²) in [4.78, 5) is 0. The number of halogens is 6. The highest BCUT2D eigenvalue weighted by Crippen LogP contribution is 2.48. The third-order valence-electron chi connectivity index (χ3n) is 3.11. The lowest BCUT2D eigenvalue weighted by Gasteiger charge is -2.24. The first kappa shape index (κ1) is 13.6. The zero-order chi connectivity index (χ0) is 13.6. The molecule has 0 saturated heterocycles. The number of fused-ring (bicyclic) bond motifs is 1. The number of hydrogen-bond acceptors (Lipinski definition) is 0. The molecule has 0 radical (unpaired) electrons. The smallest absolute Gasteiger partial charge is 0.194 e. The fourth-order valence-corrected chi connectivity index (χ4v) is 2.36. The Morgan fingerprint density at radius 3 is 2.22 bits per heavy atom. The van der Waals surface area contributed by atoms with Gasteiger partial charge in [0.2, 0.25) is 0 Å². The van der Waals surface area contributed by atoms with E-state index in [4.69, 9.17) is 11.6 Å². The Hall–Kier alpha value is -0.840. The molecule has 1 aliphatic rings. The molecular weight excluding hydrogens is 275 g/mol. The molecular formula is C12H10ClF5. The lowest BCUT2D eigenvalue weighted by Crippen LogP contribution is -2.40. The SMILES string of the molecule is FC(F)(F)C(F)(F)C(Cl)c1ccc2c(c1)CCC2. The van der Waals surface area contributed by atoms with Crippen molar-refractivity contribution in [2.24, 2.45) is 0 Å². The Kier molecular flexibility index (Phi) is 3.30. The Morgan fingerprint density at radius 1 is 1.00 bits per heavy atom. The van der Waals surface area contributed by atoms with Crippen LogP contribution in [0.4, 0.5) is 22.0 Å². The predicted octanol–water partition coefficient (Wildman–Crippen LogP) is 4.65. The van der Waals surface area contributed by atoms with Gasteiger partial charge in [0.05, 0.1) is 0 Å². The van der Waals surface area contributed by atoms with Gasteiger partial charge in [-0.15, -0.1) is 11.6 Å². The number of benzene rings is 1. The van der Waals surface area contributed by atoms with Crippen LogP contribution in [-0.2, 0) is 12.8 Å². The van der Waals surface area contributed by atoms with Crippen LogP contribution < -0.4 is 0 Å². The highest BCUT2D eigenvalue weighted by atomic mass is 35.5. The topological polar surface area (TPSA) is 0 Å². The van der Waals surface area contributed by atoms with E-state index in [0.717, 1.165) is 24.0 Å². The van der Waals surface area contributed by atoms with Gasteiger partial charge < -0.3 is 0 Å². The molecule has 1 unspecified atom stereocenters. The van der Waals surface area contributed by atoms with E-state index in [9.17, 15) is 22.0 Å². The second-order valence-corrected chi connectivity index (χ2v) is 4.80. The van der Waals surface area contributed by atoms with Gasteiger partial charge in [-0.25, -0.2) is 0 Å². The molecule has 6 heteroatoms. The van der Waals surface area contributed by atoms with Crippen LogP contribution in [0.5, 0.6) is 0 Å². The third kappa shape index (κ3) is 2.20. The van der Waals surface area contributed by atoms with Crippen molar-refractivity contribution in [2.45, 2.75) is 36.7 Å². The first-order valence-corrected chi connectivity index (χ1v) is 5.87. The molecule has 0 amide bonds. The van der Waals surface area contributed by atoms with Crippen LogP contribution in [0.25, 0.3) is 0 Å². The van der Waals surface area contributed by atoms with E-state index < -0.39 is 17.5 Å². The summed E-state index contributed by atoms with van der Waals surface area (Å²) >= 11 is 5.31. The number of alkyl halides is 6. The van der Waals surface area contributed by atoms with Crippen molar-refractivity contribution in [3.8, 4) is 0 Å². The number of hydrogen-bond donors (Lipinski definition) is 0. The van der Waals surface area contributed by atoms with Gasteiger partial charge in [-0.1, -0.05) is 18.2 Å². The van der Waals surface area contributed by atoms with E-state index >= 15 is 0 Å². The van der Waals surface area contributed by atoms with E-state index in [-0.39, 0.29) is 5.56 Å². The largest absolute Gasteiger partial charge is 0.455 e. The maximum absolute atomic E-state index is 13.1. The summed E-state index contributed by atoms with van der Waals surface area (Å²) in [6, 6.07) is 4.20. The van der Waals surface area contributed by atoms with Gasteiger partial charge in [0.25, 0.3) is 0 Å². The molecule has 0 bridgehead atoms. The molecule has 100 valence electrons. The van der Waals surface area contributed by atoms with Gasteiger partial charge in [0, 0.05) is 0 Å². The fraction of sp³-hybridized carbons (Fsp3) is 0.500. The number of rotatable bonds is 2. The predicted molar refractivity (Wildman–Crippen MR) is 58.1 cm³/mol. The maximum atomic E-state index is 13.1. The van der Waals surface area contributed by atoms with Crippen molar-refractivity contribution in [1.29, 1.82) is 0 Å².